The standard InChI is InChI=1S/C14H21ClN2O3/c15-11-7-10(8-13-14(11)20-6-5-19-13)12(9-16)17-3-1-2-4-18/h7-8,12,17-18H,1-6,9,16H2. The highest BCUT2D eigenvalue weighted by Crippen LogP contribution is 2.39. The van der Waals surface area contributed by atoms with Gasteiger partial charge in [0.2, 0.25) is 0 Å². The average Bonchev–Trinajstić information content (AvgIpc) is 2.47. The van der Waals surface area contributed by atoms with Crippen molar-refractivity contribution in [1.82, 2.24) is 5.32 Å². The molecule has 0 saturated heterocycles. The Morgan fingerprint density at radius 1 is 1.30 bits per heavy atom. The van der Waals surface area contributed by atoms with Gasteiger partial charge in [0.05, 0.1) is 5.02 Å². The van der Waals surface area contributed by atoms with E-state index in [1.54, 1.807) is 0 Å². The van der Waals surface area contributed by atoms with Gasteiger partial charge in [0, 0.05) is 19.2 Å². The Bertz CT molecular complexity index is 443. The number of rotatable bonds is 7. The lowest BCUT2D eigenvalue weighted by atomic mass is 10.1. The zero-order chi connectivity index (χ0) is 14.4. The Balaban J connectivity index is 2.07. The number of benzene rings is 1. The zero-order valence-electron chi connectivity index (χ0n) is 11.4. The fourth-order valence-corrected chi connectivity index (χ4v) is 2.46. The minimum atomic E-state index is 0.0158. The molecule has 0 bridgehead atoms. The van der Waals surface area contributed by atoms with E-state index in [-0.39, 0.29) is 12.6 Å². The third kappa shape index (κ3) is 3.76. The van der Waals surface area contributed by atoms with Crippen molar-refractivity contribution >= 4 is 11.6 Å². The van der Waals surface area contributed by atoms with Crippen molar-refractivity contribution < 1.29 is 14.6 Å². The Morgan fingerprint density at radius 3 is 2.85 bits per heavy atom. The number of nitrogens with two attached hydrogens (primary N) is 1. The third-order valence-electron chi connectivity index (χ3n) is 3.23. The van der Waals surface area contributed by atoms with Crippen LogP contribution in [0.25, 0.3) is 0 Å². The van der Waals surface area contributed by atoms with Gasteiger partial charge in [-0.2, -0.15) is 0 Å². The van der Waals surface area contributed by atoms with Crippen molar-refractivity contribution in [2.24, 2.45) is 5.73 Å². The summed E-state index contributed by atoms with van der Waals surface area (Å²) in [5, 5.41) is 12.7. The van der Waals surface area contributed by atoms with Gasteiger partial charge in [-0.05, 0) is 37.1 Å². The van der Waals surface area contributed by atoms with Crippen LogP contribution in [0.2, 0.25) is 5.02 Å². The summed E-state index contributed by atoms with van der Waals surface area (Å²) in [6, 6.07) is 3.81. The maximum absolute atomic E-state index is 8.77. The Labute approximate surface area is 124 Å². The largest absolute Gasteiger partial charge is 0.486 e. The highest BCUT2D eigenvalue weighted by Gasteiger charge is 2.19. The van der Waals surface area contributed by atoms with E-state index in [0.717, 1.165) is 24.9 Å². The third-order valence-corrected chi connectivity index (χ3v) is 3.51. The second-order valence-electron chi connectivity index (χ2n) is 4.70. The number of nitrogens with one attached hydrogen (secondary N) is 1. The lowest BCUT2D eigenvalue weighted by Gasteiger charge is -2.23. The summed E-state index contributed by atoms with van der Waals surface area (Å²) in [5.74, 6) is 1.28. The molecule has 5 nitrogen and oxygen atoms in total. The molecule has 1 aliphatic rings. The molecule has 1 heterocycles. The number of aliphatic hydroxyl groups is 1. The van der Waals surface area contributed by atoms with Gasteiger partial charge in [-0.15, -0.1) is 0 Å². The van der Waals surface area contributed by atoms with E-state index in [0.29, 0.717) is 36.3 Å². The van der Waals surface area contributed by atoms with Crippen LogP contribution >= 0.6 is 11.6 Å². The molecule has 0 fully saturated rings. The summed E-state index contributed by atoms with van der Waals surface area (Å²) in [6.45, 7) is 2.53. The first-order valence-corrected chi connectivity index (χ1v) is 7.27. The highest BCUT2D eigenvalue weighted by atomic mass is 35.5. The molecule has 0 amide bonds. The van der Waals surface area contributed by atoms with Gasteiger partial charge in [-0.1, -0.05) is 11.6 Å². The molecule has 1 unspecified atom stereocenters. The van der Waals surface area contributed by atoms with E-state index >= 15 is 0 Å². The summed E-state index contributed by atoms with van der Waals surface area (Å²) in [6.07, 6.45) is 1.69. The Morgan fingerprint density at radius 2 is 2.10 bits per heavy atom. The van der Waals surface area contributed by atoms with Crippen LogP contribution in [-0.4, -0.2) is 38.0 Å². The molecule has 0 radical (unpaired) electrons. The molecule has 2 rings (SSSR count). The molecular formula is C14H21ClN2O3. The maximum atomic E-state index is 8.77. The molecule has 1 aromatic rings. The van der Waals surface area contributed by atoms with E-state index in [1.807, 2.05) is 12.1 Å². The monoisotopic (exact) mass is 300 g/mol. The molecule has 6 heteroatoms. The molecule has 20 heavy (non-hydrogen) atoms. The fraction of sp³-hybridized carbons (Fsp3) is 0.571. The van der Waals surface area contributed by atoms with Gasteiger partial charge in [0.1, 0.15) is 13.2 Å². The SMILES string of the molecule is NCC(NCCCCO)c1cc(Cl)c2c(c1)OCCO2. The first-order chi connectivity index (χ1) is 9.76. The van der Waals surface area contributed by atoms with E-state index < -0.39 is 0 Å². The molecule has 1 atom stereocenters. The van der Waals surface area contributed by atoms with E-state index in [9.17, 15) is 0 Å². The number of hydrogen-bond acceptors (Lipinski definition) is 5. The second-order valence-corrected chi connectivity index (χ2v) is 5.11. The van der Waals surface area contributed by atoms with Crippen LogP contribution in [0.5, 0.6) is 11.5 Å². The zero-order valence-corrected chi connectivity index (χ0v) is 12.2. The number of fused-ring (bicyclic) bond motifs is 1. The lowest BCUT2D eigenvalue weighted by Crippen LogP contribution is -2.29. The van der Waals surface area contributed by atoms with Gasteiger partial charge in [-0.3, -0.25) is 0 Å². The molecule has 0 spiro atoms. The van der Waals surface area contributed by atoms with Gasteiger partial charge in [0.15, 0.2) is 11.5 Å². The molecule has 0 aromatic heterocycles. The molecule has 1 aliphatic heterocycles. The molecule has 0 saturated carbocycles. The molecule has 1 aromatic carbocycles. The van der Waals surface area contributed by atoms with Crippen molar-refractivity contribution in [3.8, 4) is 11.5 Å². The number of hydrogen-bond donors (Lipinski definition) is 3. The van der Waals surface area contributed by atoms with Crippen molar-refractivity contribution in [3.05, 3.63) is 22.7 Å². The lowest BCUT2D eigenvalue weighted by molar-refractivity contribution is 0.171. The number of ether oxygens (including phenoxy) is 2. The minimum Gasteiger partial charge on any atom is -0.486 e. The van der Waals surface area contributed by atoms with Crippen molar-refractivity contribution in [3.63, 3.8) is 0 Å². The summed E-state index contributed by atoms with van der Waals surface area (Å²) < 4.78 is 11.1. The van der Waals surface area contributed by atoms with E-state index in [4.69, 9.17) is 31.9 Å². The summed E-state index contributed by atoms with van der Waals surface area (Å²) >= 11 is 6.23. The van der Waals surface area contributed by atoms with Gasteiger partial charge >= 0.3 is 0 Å². The van der Waals surface area contributed by atoms with Crippen molar-refractivity contribution in [2.75, 3.05) is 32.9 Å². The number of halogens is 1. The quantitative estimate of drug-likeness (QED) is 0.665. The first kappa shape index (κ1) is 15.4. The smallest absolute Gasteiger partial charge is 0.179 e. The summed E-state index contributed by atoms with van der Waals surface area (Å²) in [4.78, 5) is 0. The predicted octanol–water partition coefficient (Wildman–Crippen LogP) is 1.47. The Kier molecular flexibility index (Phi) is 5.91. The fourth-order valence-electron chi connectivity index (χ4n) is 2.18. The normalized spacial score (nSPS) is 15.2. The van der Waals surface area contributed by atoms with Crippen molar-refractivity contribution in [1.29, 1.82) is 0 Å². The van der Waals surface area contributed by atoms with Gasteiger partial charge in [0.25, 0.3) is 0 Å². The van der Waals surface area contributed by atoms with Crippen LogP contribution in [-0.2, 0) is 0 Å². The first-order valence-electron chi connectivity index (χ1n) is 6.89. The minimum absolute atomic E-state index is 0.0158. The Hall–Kier alpha value is -1.01. The van der Waals surface area contributed by atoms with E-state index in [2.05, 4.69) is 5.32 Å². The van der Waals surface area contributed by atoms with Crippen LogP contribution in [0.1, 0.15) is 24.4 Å². The van der Waals surface area contributed by atoms with Gasteiger partial charge in [-0.25, -0.2) is 0 Å². The van der Waals surface area contributed by atoms with Crippen LogP contribution in [0.3, 0.4) is 0 Å². The van der Waals surface area contributed by atoms with E-state index in [1.165, 1.54) is 0 Å². The topological polar surface area (TPSA) is 76.7 Å². The number of unbranched alkanes of at least 4 members (excludes halogenated alkanes) is 1. The summed E-state index contributed by atoms with van der Waals surface area (Å²) in [7, 11) is 0. The van der Waals surface area contributed by atoms with Crippen LogP contribution in [0.15, 0.2) is 12.1 Å². The maximum Gasteiger partial charge on any atom is 0.179 e. The second kappa shape index (κ2) is 7.69. The van der Waals surface area contributed by atoms with Gasteiger partial charge < -0.3 is 25.6 Å². The van der Waals surface area contributed by atoms with Crippen LogP contribution in [0, 0.1) is 0 Å². The average molecular weight is 301 g/mol. The van der Waals surface area contributed by atoms with Crippen LogP contribution in [0.4, 0.5) is 0 Å². The van der Waals surface area contributed by atoms with Crippen LogP contribution < -0.4 is 20.5 Å². The molecule has 0 aliphatic carbocycles. The molecule has 112 valence electrons. The predicted molar refractivity (Wildman–Crippen MR) is 78.6 cm³/mol. The molecular weight excluding hydrogens is 280 g/mol. The summed E-state index contributed by atoms with van der Waals surface area (Å²) in [5.41, 5.74) is 6.81. The molecule has 4 N–H and O–H groups in total. The number of aliphatic hydroxyl groups excluding tert-OH is 1. The van der Waals surface area contributed by atoms with Crippen molar-refractivity contribution in [2.45, 2.75) is 18.9 Å². The highest BCUT2D eigenvalue weighted by molar-refractivity contribution is 6.32.